The maximum absolute atomic E-state index is 8.56. The second kappa shape index (κ2) is 7.70. The summed E-state index contributed by atoms with van der Waals surface area (Å²) in [5.74, 6) is 0. The fraction of sp³-hybridized carbons (Fsp3) is 0.750. The van der Waals surface area contributed by atoms with Crippen LogP contribution in [0.2, 0.25) is 0 Å². The Labute approximate surface area is 97.2 Å². The first kappa shape index (κ1) is 12.5. The van der Waals surface area contributed by atoms with Crippen molar-refractivity contribution in [2.24, 2.45) is 5.10 Å². The lowest BCUT2D eigenvalue weighted by molar-refractivity contribution is 0.299. The van der Waals surface area contributed by atoms with Gasteiger partial charge in [0.1, 0.15) is 0 Å². The molecule has 1 fully saturated rings. The van der Waals surface area contributed by atoms with E-state index in [1.807, 2.05) is 5.01 Å². The fourth-order valence-corrected chi connectivity index (χ4v) is 1.83. The maximum atomic E-state index is 8.56. The number of rotatable bonds is 5. The van der Waals surface area contributed by atoms with Crippen LogP contribution in [-0.2, 0) is 0 Å². The quantitative estimate of drug-likeness (QED) is 0.666. The molecule has 1 aliphatic carbocycles. The van der Waals surface area contributed by atoms with Gasteiger partial charge < -0.3 is 0 Å². The molecule has 0 radical (unpaired) electrons. The van der Waals surface area contributed by atoms with Crippen molar-refractivity contribution in [3.63, 3.8) is 0 Å². The van der Waals surface area contributed by atoms with E-state index in [1.165, 1.54) is 25.0 Å². The number of hydrazone groups is 1. The van der Waals surface area contributed by atoms with Gasteiger partial charge in [0.05, 0.1) is 25.0 Å². The minimum Gasteiger partial charge on any atom is -0.295 e. The Kier molecular flexibility index (Phi) is 6.03. The van der Waals surface area contributed by atoms with Gasteiger partial charge in [-0.05, 0) is 25.7 Å². The summed E-state index contributed by atoms with van der Waals surface area (Å²) in [7, 11) is 0. The third kappa shape index (κ3) is 4.79. The van der Waals surface area contributed by atoms with Crippen LogP contribution in [0.25, 0.3) is 0 Å². The Hall–Kier alpha value is -1.55. The minimum atomic E-state index is 0.474. The van der Waals surface area contributed by atoms with Gasteiger partial charge in [-0.15, -0.1) is 0 Å². The normalized spacial score (nSPS) is 15.0. The average Bonchev–Trinajstić information content (AvgIpc) is 2.34. The molecule has 0 spiro atoms. The first-order valence-corrected chi connectivity index (χ1v) is 5.92. The van der Waals surface area contributed by atoms with Gasteiger partial charge in [-0.2, -0.15) is 15.6 Å². The van der Waals surface area contributed by atoms with E-state index in [0.717, 1.165) is 12.8 Å². The molecule has 0 unspecified atom stereocenters. The van der Waals surface area contributed by atoms with E-state index < -0.39 is 0 Å². The summed E-state index contributed by atoms with van der Waals surface area (Å²) in [6.45, 7) is 1.28. The van der Waals surface area contributed by atoms with Crippen LogP contribution in [0.5, 0.6) is 0 Å². The van der Waals surface area contributed by atoms with Crippen LogP contribution in [0, 0.1) is 22.7 Å². The van der Waals surface area contributed by atoms with Gasteiger partial charge in [0, 0.05) is 18.8 Å². The van der Waals surface area contributed by atoms with Gasteiger partial charge in [0.2, 0.25) is 0 Å². The van der Waals surface area contributed by atoms with Crippen LogP contribution >= 0.6 is 0 Å². The second-order valence-electron chi connectivity index (χ2n) is 4.00. The number of nitrogens with zero attached hydrogens (tertiary/aromatic N) is 4. The molecule has 0 heterocycles. The Morgan fingerprint density at radius 2 is 1.56 bits per heavy atom. The summed E-state index contributed by atoms with van der Waals surface area (Å²) in [6, 6.07) is 4.24. The Bertz CT molecular complexity index is 282. The largest absolute Gasteiger partial charge is 0.295 e. The second-order valence-corrected chi connectivity index (χ2v) is 4.00. The maximum Gasteiger partial charge on any atom is 0.0641 e. The Balaban J connectivity index is 2.47. The van der Waals surface area contributed by atoms with E-state index >= 15 is 0 Å². The van der Waals surface area contributed by atoms with Crippen molar-refractivity contribution in [1.29, 1.82) is 10.5 Å². The van der Waals surface area contributed by atoms with Crippen LogP contribution in [0.3, 0.4) is 0 Å². The summed E-state index contributed by atoms with van der Waals surface area (Å²) in [6.07, 6.45) is 6.86. The number of hydrogen-bond donors (Lipinski definition) is 0. The summed E-state index contributed by atoms with van der Waals surface area (Å²) >= 11 is 0. The van der Waals surface area contributed by atoms with Crippen molar-refractivity contribution >= 4 is 5.71 Å². The van der Waals surface area contributed by atoms with Gasteiger partial charge in [0.25, 0.3) is 0 Å². The monoisotopic (exact) mass is 218 g/mol. The van der Waals surface area contributed by atoms with E-state index in [4.69, 9.17) is 10.5 Å². The van der Waals surface area contributed by atoms with E-state index in [-0.39, 0.29) is 0 Å². The molecule has 0 saturated heterocycles. The van der Waals surface area contributed by atoms with Gasteiger partial charge in [-0.25, -0.2) is 0 Å². The topological polar surface area (TPSA) is 63.2 Å². The van der Waals surface area contributed by atoms with E-state index in [9.17, 15) is 0 Å². The lowest BCUT2D eigenvalue weighted by Gasteiger charge is -2.20. The predicted molar refractivity (Wildman–Crippen MR) is 62.6 cm³/mol. The van der Waals surface area contributed by atoms with Crippen molar-refractivity contribution in [3.05, 3.63) is 0 Å². The van der Waals surface area contributed by atoms with Crippen LogP contribution in [0.4, 0.5) is 0 Å². The van der Waals surface area contributed by atoms with Crippen molar-refractivity contribution in [2.45, 2.75) is 44.9 Å². The molecular weight excluding hydrogens is 200 g/mol. The first-order valence-electron chi connectivity index (χ1n) is 5.92. The van der Waals surface area contributed by atoms with Crippen LogP contribution in [0.15, 0.2) is 5.10 Å². The predicted octanol–water partition coefficient (Wildman–Crippen LogP) is 2.44. The van der Waals surface area contributed by atoms with Crippen LogP contribution in [0.1, 0.15) is 44.9 Å². The third-order valence-electron chi connectivity index (χ3n) is 2.68. The van der Waals surface area contributed by atoms with E-state index in [0.29, 0.717) is 25.9 Å². The Morgan fingerprint density at radius 3 is 2.06 bits per heavy atom. The lowest BCUT2D eigenvalue weighted by atomic mass is 9.99. The van der Waals surface area contributed by atoms with Gasteiger partial charge in [-0.1, -0.05) is 6.42 Å². The highest BCUT2D eigenvalue weighted by molar-refractivity contribution is 5.84. The molecule has 86 valence electrons. The highest BCUT2D eigenvalue weighted by Gasteiger charge is 2.09. The first-order chi connectivity index (χ1) is 7.86. The molecule has 1 aliphatic rings. The zero-order valence-electron chi connectivity index (χ0n) is 9.65. The molecule has 1 rings (SSSR count). The average molecular weight is 218 g/mol. The molecular formula is C12H18N4. The molecule has 0 aliphatic heterocycles. The molecule has 1 saturated carbocycles. The smallest absolute Gasteiger partial charge is 0.0641 e. The molecule has 0 aromatic carbocycles. The van der Waals surface area contributed by atoms with Gasteiger partial charge in [-0.3, -0.25) is 5.01 Å². The molecule has 0 aromatic heterocycles. The highest BCUT2D eigenvalue weighted by atomic mass is 15.4. The molecule has 0 N–H and O–H groups in total. The zero-order valence-corrected chi connectivity index (χ0v) is 9.65. The minimum absolute atomic E-state index is 0.474. The summed E-state index contributed by atoms with van der Waals surface area (Å²) in [5, 5.41) is 23.6. The van der Waals surface area contributed by atoms with E-state index in [2.05, 4.69) is 17.2 Å². The summed E-state index contributed by atoms with van der Waals surface area (Å²) < 4.78 is 0. The van der Waals surface area contributed by atoms with Crippen molar-refractivity contribution < 1.29 is 0 Å². The van der Waals surface area contributed by atoms with Crippen molar-refractivity contribution in [2.75, 3.05) is 13.1 Å². The number of hydrogen-bond acceptors (Lipinski definition) is 4. The third-order valence-corrected chi connectivity index (χ3v) is 2.68. The molecule has 4 heteroatoms. The molecule has 0 bridgehead atoms. The number of nitriles is 2. The molecule has 4 nitrogen and oxygen atoms in total. The SMILES string of the molecule is N#CCCN(CCC#N)N=C1CCCCC1. The fourth-order valence-electron chi connectivity index (χ4n) is 1.83. The van der Waals surface area contributed by atoms with Crippen molar-refractivity contribution in [3.8, 4) is 12.1 Å². The molecule has 0 amide bonds. The van der Waals surface area contributed by atoms with Gasteiger partial charge >= 0.3 is 0 Å². The van der Waals surface area contributed by atoms with Crippen LogP contribution < -0.4 is 0 Å². The molecule has 0 aromatic rings. The van der Waals surface area contributed by atoms with E-state index in [1.54, 1.807) is 0 Å². The molecule has 0 atom stereocenters. The van der Waals surface area contributed by atoms with Crippen molar-refractivity contribution in [1.82, 2.24) is 5.01 Å². The molecule has 16 heavy (non-hydrogen) atoms. The van der Waals surface area contributed by atoms with Gasteiger partial charge in [0.15, 0.2) is 0 Å². The standard InChI is InChI=1S/C12H18N4/c13-8-4-10-16(11-5-9-14)15-12-6-2-1-3-7-12/h1-7,10-11H2. The highest BCUT2D eigenvalue weighted by Crippen LogP contribution is 2.15. The Morgan fingerprint density at radius 1 is 1.00 bits per heavy atom. The lowest BCUT2D eigenvalue weighted by Crippen LogP contribution is -2.22. The summed E-state index contributed by atoms with van der Waals surface area (Å²) in [4.78, 5) is 0. The zero-order chi connectivity index (χ0) is 11.6. The van der Waals surface area contributed by atoms with Crippen LogP contribution in [-0.4, -0.2) is 23.8 Å². The summed E-state index contributed by atoms with van der Waals surface area (Å²) in [5.41, 5.74) is 1.24.